The van der Waals surface area contributed by atoms with E-state index in [9.17, 15) is 0 Å². The van der Waals surface area contributed by atoms with Crippen molar-refractivity contribution in [1.29, 1.82) is 0 Å². The number of aromatic nitrogens is 1. The van der Waals surface area contributed by atoms with Gasteiger partial charge in [0.05, 0.1) is 11.0 Å². The zero-order valence-corrected chi connectivity index (χ0v) is 39.3. The fraction of sp³-hybridized carbons (Fsp3) is 0.0769. The van der Waals surface area contributed by atoms with Crippen molar-refractivity contribution >= 4 is 112 Å². The van der Waals surface area contributed by atoms with Crippen LogP contribution in [0.1, 0.15) is 31.7 Å². The molecule has 6 heteroatoms. The van der Waals surface area contributed by atoms with Crippen LogP contribution in [-0.2, 0) is 6.42 Å². The van der Waals surface area contributed by atoms with Gasteiger partial charge in [-0.2, -0.15) is 0 Å². The number of aryl methyl sites for hydroxylation is 1. The summed E-state index contributed by atoms with van der Waals surface area (Å²) >= 11 is 0. The number of rotatable bonds is 9. The van der Waals surface area contributed by atoms with Gasteiger partial charge in [0, 0.05) is 72.0 Å². The van der Waals surface area contributed by atoms with Crippen LogP contribution in [0.15, 0.2) is 221 Å². The van der Waals surface area contributed by atoms with Gasteiger partial charge in [-0.05, 0) is 149 Å². The van der Waals surface area contributed by atoms with E-state index in [1.807, 2.05) is 6.07 Å². The van der Waals surface area contributed by atoms with Gasteiger partial charge in [0.2, 0.25) is 0 Å². The molecular formula is C65H46BN3O2. The molecule has 13 aromatic rings. The molecule has 2 aliphatic rings. The maximum atomic E-state index is 6.78. The monoisotopic (exact) mass is 911 g/mol. The Hall–Kier alpha value is -8.74. The van der Waals surface area contributed by atoms with E-state index < -0.39 is 0 Å². The molecule has 2 aliphatic heterocycles. The van der Waals surface area contributed by atoms with Gasteiger partial charge in [-0.1, -0.05) is 129 Å². The number of hydrogen-bond acceptors (Lipinski definition) is 4. The first-order valence-corrected chi connectivity index (χ1v) is 25.1. The fourth-order valence-electron chi connectivity index (χ4n) is 12.2. The van der Waals surface area contributed by atoms with Gasteiger partial charge in [0.25, 0.3) is 0 Å². The van der Waals surface area contributed by atoms with Gasteiger partial charge in [-0.25, -0.2) is 0 Å². The Morgan fingerprint density at radius 1 is 0.465 bits per heavy atom. The summed E-state index contributed by atoms with van der Waals surface area (Å²) in [4.78, 5) is 5.01. The van der Waals surface area contributed by atoms with E-state index in [4.69, 9.17) is 8.83 Å². The molecule has 0 amide bonds. The maximum absolute atomic E-state index is 6.78. The normalized spacial score (nSPS) is 12.7. The second-order valence-corrected chi connectivity index (χ2v) is 19.4. The summed E-state index contributed by atoms with van der Waals surface area (Å²) in [6.45, 7) is 2.09. The number of para-hydroxylation sites is 5. The third-order valence-electron chi connectivity index (χ3n) is 15.4. The van der Waals surface area contributed by atoms with Crippen molar-refractivity contribution in [2.45, 2.75) is 32.6 Å². The lowest BCUT2D eigenvalue weighted by atomic mass is 9.43. The quantitative estimate of drug-likeness (QED) is 0.107. The average molecular weight is 912 g/mol. The van der Waals surface area contributed by atoms with Crippen LogP contribution < -0.4 is 20.6 Å². The minimum atomic E-state index is -0.188. The molecule has 0 atom stereocenters. The van der Waals surface area contributed by atoms with E-state index in [1.165, 1.54) is 79.9 Å². The molecule has 5 nitrogen and oxygen atoms in total. The van der Waals surface area contributed by atoms with Crippen LogP contribution in [0.25, 0.3) is 93.6 Å². The van der Waals surface area contributed by atoms with E-state index in [2.05, 4.69) is 227 Å². The lowest BCUT2D eigenvalue weighted by molar-refractivity contribution is 0.669. The first-order chi connectivity index (χ1) is 35.2. The van der Waals surface area contributed by atoms with Gasteiger partial charge < -0.3 is 23.1 Å². The Morgan fingerprint density at radius 2 is 1.11 bits per heavy atom. The summed E-state index contributed by atoms with van der Waals surface area (Å²) in [5.74, 6) is 0. The number of unbranched alkanes of at least 4 members (excludes halogenated alkanes) is 2. The highest BCUT2D eigenvalue weighted by Crippen LogP contribution is 2.51. The van der Waals surface area contributed by atoms with Crippen molar-refractivity contribution in [1.82, 2.24) is 4.57 Å². The standard InChI is InChI=1S/C65H46BN3O2/c1-2-3-6-17-41-28-31-45(32-29-41)69-57-35-33-46(67(43-18-7-4-8-19-43)44-20-9-5-10-21-44)37-52(57)54-38-51(42-30-34-49-47-22-12-15-26-59(47)70-61(49)36-42)63-50-24-11-14-25-56(50)68-58-39-53-48-23-13-16-27-60(48)71-62(53)40-55(58)66(69)64(54)65(63)68/h4-5,7-16,18-40H,2-3,6,17H2,1H3. The minimum Gasteiger partial charge on any atom is -0.456 e. The predicted molar refractivity (Wildman–Crippen MR) is 298 cm³/mol. The van der Waals surface area contributed by atoms with Crippen LogP contribution in [0, 0.1) is 0 Å². The van der Waals surface area contributed by atoms with Crippen molar-refractivity contribution in [2.24, 2.45) is 0 Å². The Labute approximate surface area is 411 Å². The lowest BCUT2D eigenvalue weighted by Gasteiger charge is -2.42. The van der Waals surface area contributed by atoms with Crippen molar-refractivity contribution in [3.8, 4) is 27.9 Å². The molecule has 0 N–H and O–H groups in total. The van der Waals surface area contributed by atoms with Gasteiger partial charge in [0.1, 0.15) is 22.3 Å². The predicted octanol–water partition coefficient (Wildman–Crippen LogP) is 16.7. The Kier molecular flexibility index (Phi) is 8.85. The lowest BCUT2D eigenvalue weighted by Crippen LogP contribution is -2.60. The van der Waals surface area contributed by atoms with E-state index in [-0.39, 0.29) is 6.85 Å². The van der Waals surface area contributed by atoms with Gasteiger partial charge in [-0.3, -0.25) is 0 Å². The summed E-state index contributed by atoms with van der Waals surface area (Å²) in [5.41, 5.74) is 21.3. The zero-order chi connectivity index (χ0) is 46.7. The molecule has 0 spiro atoms. The van der Waals surface area contributed by atoms with Crippen molar-refractivity contribution in [3.05, 3.63) is 218 Å². The van der Waals surface area contributed by atoms with Crippen LogP contribution in [-0.4, -0.2) is 11.4 Å². The fourth-order valence-corrected chi connectivity index (χ4v) is 12.2. The highest BCUT2D eigenvalue weighted by molar-refractivity contribution is 6.94. The third kappa shape index (κ3) is 6.01. The zero-order valence-electron chi connectivity index (χ0n) is 39.3. The summed E-state index contributed by atoms with van der Waals surface area (Å²) in [5, 5.41) is 6.95. The largest absolute Gasteiger partial charge is 0.456 e. The molecule has 15 rings (SSSR count). The Bertz CT molecular complexity index is 4220. The number of furan rings is 2. The smallest absolute Gasteiger partial charge is 0.333 e. The number of nitrogens with zero attached hydrogens (tertiary/aromatic N) is 3. The van der Waals surface area contributed by atoms with Crippen molar-refractivity contribution < 1.29 is 8.83 Å². The number of anilines is 5. The summed E-state index contributed by atoms with van der Waals surface area (Å²) in [6, 6.07) is 78.0. The summed E-state index contributed by atoms with van der Waals surface area (Å²) in [6.07, 6.45) is 4.70. The van der Waals surface area contributed by atoms with E-state index >= 15 is 0 Å². The number of fused-ring (bicyclic) bond motifs is 14. The Balaban J connectivity index is 1.08. The van der Waals surface area contributed by atoms with Crippen LogP contribution in [0.3, 0.4) is 0 Å². The highest BCUT2D eigenvalue weighted by Gasteiger charge is 2.45. The first-order valence-electron chi connectivity index (χ1n) is 25.1. The molecule has 10 aromatic carbocycles. The van der Waals surface area contributed by atoms with Crippen LogP contribution in [0.5, 0.6) is 0 Å². The topological polar surface area (TPSA) is 37.7 Å². The molecule has 3 aromatic heterocycles. The van der Waals surface area contributed by atoms with E-state index in [1.54, 1.807) is 0 Å². The van der Waals surface area contributed by atoms with Crippen molar-refractivity contribution in [2.75, 3.05) is 9.71 Å². The van der Waals surface area contributed by atoms with E-state index in [0.717, 1.165) is 84.3 Å². The average Bonchev–Trinajstić information content (AvgIpc) is 4.10. The summed E-state index contributed by atoms with van der Waals surface area (Å²) in [7, 11) is 0. The molecule has 0 saturated heterocycles. The summed E-state index contributed by atoms with van der Waals surface area (Å²) < 4.78 is 16.0. The highest BCUT2D eigenvalue weighted by atomic mass is 16.3. The molecule has 5 heterocycles. The maximum Gasteiger partial charge on any atom is 0.333 e. The Morgan fingerprint density at radius 3 is 1.85 bits per heavy atom. The molecule has 71 heavy (non-hydrogen) atoms. The first kappa shape index (κ1) is 40.2. The van der Waals surface area contributed by atoms with E-state index in [0.29, 0.717) is 0 Å². The molecular weight excluding hydrogens is 866 g/mol. The van der Waals surface area contributed by atoms with Crippen molar-refractivity contribution in [3.63, 3.8) is 0 Å². The molecule has 0 unspecified atom stereocenters. The van der Waals surface area contributed by atoms with Gasteiger partial charge in [0.15, 0.2) is 0 Å². The second kappa shape index (κ2) is 15.6. The number of benzene rings is 10. The third-order valence-corrected chi connectivity index (χ3v) is 15.4. The van der Waals surface area contributed by atoms with Gasteiger partial charge in [-0.15, -0.1) is 0 Å². The van der Waals surface area contributed by atoms with Crippen LogP contribution in [0.4, 0.5) is 28.4 Å². The minimum absolute atomic E-state index is 0.188. The SMILES string of the molecule is CCCCCc1ccc(N2B3c4cc5oc6ccccc6c5cc4-n4c5ccccc5c5c(-c6ccc7c(c6)oc6ccccc67)cc(c3c54)-c3cc(N(c4ccccc4)c4ccccc4)ccc32)cc1. The van der Waals surface area contributed by atoms with Gasteiger partial charge >= 0.3 is 6.85 Å². The second-order valence-electron chi connectivity index (χ2n) is 19.4. The molecule has 0 bridgehead atoms. The molecule has 336 valence electrons. The molecule has 0 saturated carbocycles. The number of hydrogen-bond donors (Lipinski definition) is 0. The molecule has 0 radical (unpaired) electrons. The molecule has 0 fully saturated rings. The molecule has 0 aliphatic carbocycles. The van der Waals surface area contributed by atoms with Crippen LogP contribution in [0.2, 0.25) is 0 Å². The van der Waals surface area contributed by atoms with Crippen LogP contribution >= 0.6 is 0 Å².